The van der Waals surface area contributed by atoms with Gasteiger partial charge in [-0.2, -0.15) is 0 Å². The predicted molar refractivity (Wildman–Crippen MR) is 92.5 cm³/mol. The maximum Gasteiger partial charge on any atom is 0.251 e. The van der Waals surface area contributed by atoms with Gasteiger partial charge in [-0.1, -0.05) is 18.2 Å². The molecule has 0 spiro atoms. The number of carbonyl (C=O) groups is 1. The summed E-state index contributed by atoms with van der Waals surface area (Å²) < 4.78 is 7.15. The van der Waals surface area contributed by atoms with E-state index in [1.54, 1.807) is 31.5 Å². The van der Waals surface area contributed by atoms with Crippen molar-refractivity contribution in [1.82, 2.24) is 14.9 Å². The monoisotopic (exact) mass is 321 g/mol. The van der Waals surface area contributed by atoms with Gasteiger partial charge in [-0.25, -0.2) is 4.98 Å². The Balaban J connectivity index is 1.64. The van der Waals surface area contributed by atoms with Crippen LogP contribution in [0.1, 0.15) is 21.7 Å². The Kier molecular flexibility index (Phi) is 4.61. The second kappa shape index (κ2) is 7.00. The molecule has 0 bridgehead atoms. The first-order valence-corrected chi connectivity index (χ1v) is 7.69. The zero-order valence-corrected chi connectivity index (χ0v) is 13.7. The standard InChI is InChI=1S/C19H19N3O2/c1-14-20-10-11-22(14)17-8-6-15(7-9-17)13-21-19(23)16-4-3-5-18(12-16)24-2/h3-12H,13H2,1-2H3,(H,21,23). The second-order valence-corrected chi connectivity index (χ2v) is 5.43. The number of carbonyl (C=O) groups excluding carboxylic acids is 1. The van der Waals surface area contributed by atoms with Crippen LogP contribution in [0, 0.1) is 6.92 Å². The third kappa shape index (κ3) is 3.46. The first kappa shape index (κ1) is 15.8. The number of aryl methyl sites for hydroxylation is 1. The molecule has 3 rings (SSSR count). The number of amides is 1. The predicted octanol–water partition coefficient (Wildman–Crippen LogP) is 3.12. The van der Waals surface area contributed by atoms with E-state index in [-0.39, 0.29) is 5.91 Å². The quantitative estimate of drug-likeness (QED) is 0.785. The number of rotatable bonds is 5. The minimum Gasteiger partial charge on any atom is -0.497 e. The van der Waals surface area contributed by atoms with Crippen LogP contribution < -0.4 is 10.1 Å². The molecule has 0 aliphatic rings. The Morgan fingerprint density at radius 1 is 1.21 bits per heavy atom. The summed E-state index contributed by atoms with van der Waals surface area (Å²) in [4.78, 5) is 16.4. The minimum absolute atomic E-state index is 0.122. The molecular weight excluding hydrogens is 302 g/mol. The molecule has 122 valence electrons. The number of methoxy groups -OCH3 is 1. The molecule has 1 aromatic heterocycles. The number of imidazole rings is 1. The normalized spacial score (nSPS) is 10.4. The zero-order valence-electron chi connectivity index (χ0n) is 13.7. The third-order valence-electron chi connectivity index (χ3n) is 3.83. The summed E-state index contributed by atoms with van der Waals surface area (Å²) in [6, 6.07) is 15.1. The fourth-order valence-corrected chi connectivity index (χ4v) is 2.47. The van der Waals surface area contributed by atoms with Gasteiger partial charge in [-0.15, -0.1) is 0 Å². The van der Waals surface area contributed by atoms with Crippen LogP contribution in [0.3, 0.4) is 0 Å². The maximum absolute atomic E-state index is 12.2. The van der Waals surface area contributed by atoms with E-state index in [0.717, 1.165) is 17.1 Å². The lowest BCUT2D eigenvalue weighted by Gasteiger charge is -2.09. The van der Waals surface area contributed by atoms with Crippen molar-refractivity contribution < 1.29 is 9.53 Å². The van der Waals surface area contributed by atoms with Crippen LogP contribution in [0.15, 0.2) is 60.9 Å². The van der Waals surface area contributed by atoms with Crippen LogP contribution in [0.25, 0.3) is 5.69 Å². The van der Waals surface area contributed by atoms with Gasteiger partial charge in [0, 0.05) is 30.2 Å². The van der Waals surface area contributed by atoms with Crippen molar-refractivity contribution in [2.75, 3.05) is 7.11 Å². The highest BCUT2D eigenvalue weighted by Crippen LogP contribution is 2.14. The average molecular weight is 321 g/mol. The van der Waals surface area contributed by atoms with Gasteiger partial charge in [-0.05, 0) is 42.8 Å². The lowest BCUT2D eigenvalue weighted by Crippen LogP contribution is -2.22. The molecule has 0 saturated carbocycles. The summed E-state index contributed by atoms with van der Waals surface area (Å²) in [5.41, 5.74) is 2.67. The highest BCUT2D eigenvalue weighted by Gasteiger charge is 2.06. The van der Waals surface area contributed by atoms with E-state index >= 15 is 0 Å². The fraction of sp³-hybridized carbons (Fsp3) is 0.158. The number of aromatic nitrogens is 2. The molecule has 0 atom stereocenters. The van der Waals surface area contributed by atoms with Crippen LogP contribution in [0.5, 0.6) is 5.75 Å². The summed E-state index contributed by atoms with van der Waals surface area (Å²) in [6.45, 7) is 2.43. The van der Waals surface area contributed by atoms with Gasteiger partial charge in [0.2, 0.25) is 0 Å². The molecule has 0 unspecified atom stereocenters. The van der Waals surface area contributed by atoms with Crippen molar-refractivity contribution in [1.29, 1.82) is 0 Å². The molecule has 2 aromatic carbocycles. The Bertz CT molecular complexity index is 838. The minimum atomic E-state index is -0.122. The van der Waals surface area contributed by atoms with Crippen LogP contribution in [-0.2, 0) is 6.54 Å². The summed E-state index contributed by atoms with van der Waals surface area (Å²) in [6.07, 6.45) is 3.70. The van der Waals surface area contributed by atoms with Gasteiger partial charge in [-0.3, -0.25) is 4.79 Å². The Hall–Kier alpha value is -3.08. The molecule has 0 saturated heterocycles. The van der Waals surface area contributed by atoms with Gasteiger partial charge in [0.1, 0.15) is 11.6 Å². The van der Waals surface area contributed by atoms with Crippen molar-refractivity contribution >= 4 is 5.91 Å². The SMILES string of the molecule is COc1cccc(C(=O)NCc2ccc(-n3ccnc3C)cc2)c1. The molecule has 5 heteroatoms. The number of nitrogens with zero attached hydrogens (tertiary/aromatic N) is 2. The molecular formula is C19H19N3O2. The molecule has 1 amide bonds. The number of nitrogens with one attached hydrogen (secondary N) is 1. The van der Waals surface area contributed by atoms with Crippen molar-refractivity contribution in [2.45, 2.75) is 13.5 Å². The van der Waals surface area contributed by atoms with Crippen LogP contribution in [-0.4, -0.2) is 22.6 Å². The van der Waals surface area contributed by atoms with Crippen LogP contribution in [0.2, 0.25) is 0 Å². The highest BCUT2D eigenvalue weighted by atomic mass is 16.5. The van der Waals surface area contributed by atoms with E-state index < -0.39 is 0 Å². The van der Waals surface area contributed by atoms with Crippen molar-refractivity contribution in [3.05, 3.63) is 77.9 Å². The lowest BCUT2D eigenvalue weighted by molar-refractivity contribution is 0.0950. The molecule has 0 radical (unpaired) electrons. The Morgan fingerprint density at radius 2 is 2.00 bits per heavy atom. The third-order valence-corrected chi connectivity index (χ3v) is 3.83. The van der Waals surface area contributed by atoms with E-state index in [1.165, 1.54) is 0 Å². The maximum atomic E-state index is 12.2. The lowest BCUT2D eigenvalue weighted by atomic mass is 10.1. The Labute approximate surface area is 140 Å². The van der Waals surface area contributed by atoms with E-state index in [4.69, 9.17) is 4.74 Å². The van der Waals surface area contributed by atoms with E-state index in [2.05, 4.69) is 10.3 Å². The van der Waals surface area contributed by atoms with E-state index in [1.807, 2.05) is 48.0 Å². The topological polar surface area (TPSA) is 56.1 Å². The number of ether oxygens (including phenoxy) is 1. The molecule has 0 aliphatic heterocycles. The summed E-state index contributed by atoms with van der Waals surface area (Å²) in [7, 11) is 1.58. The molecule has 0 fully saturated rings. The first-order chi connectivity index (χ1) is 11.7. The molecule has 1 N–H and O–H groups in total. The van der Waals surface area contributed by atoms with Gasteiger partial charge >= 0.3 is 0 Å². The molecule has 5 nitrogen and oxygen atoms in total. The van der Waals surface area contributed by atoms with E-state index in [9.17, 15) is 4.79 Å². The summed E-state index contributed by atoms with van der Waals surface area (Å²) in [5.74, 6) is 1.49. The van der Waals surface area contributed by atoms with Crippen molar-refractivity contribution in [3.8, 4) is 11.4 Å². The summed E-state index contributed by atoms with van der Waals surface area (Å²) >= 11 is 0. The highest BCUT2D eigenvalue weighted by molar-refractivity contribution is 5.94. The van der Waals surface area contributed by atoms with Crippen LogP contribution in [0.4, 0.5) is 0 Å². The van der Waals surface area contributed by atoms with Gasteiger partial charge in [0.25, 0.3) is 5.91 Å². The smallest absolute Gasteiger partial charge is 0.251 e. The largest absolute Gasteiger partial charge is 0.497 e. The zero-order chi connectivity index (χ0) is 16.9. The Morgan fingerprint density at radius 3 is 2.67 bits per heavy atom. The van der Waals surface area contributed by atoms with Gasteiger partial charge < -0.3 is 14.6 Å². The molecule has 0 aliphatic carbocycles. The molecule has 1 heterocycles. The van der Waals surface area contributed by atoms with Crippen LogP contribution >= 0.6 is 0 Å². The average Bonchev–Trinajstić information content (AvgIpc) is 3.06. The van der Waals surface area contributed by atoms with Crippen molar-refractivity contribution in [2.24, 2.45) is 0 Å². The summed E-state index contributed by atoms with van der Waals surface area (Å²) in [5, 5.41) is 2.92. The van der Waals surface area contributed by atoms with Crippen molar-refractivity contribution in [3.63, 3.8) is 0 Å². The van der Waals surface area contributed by atoms with E-state index in [0.29, 0.717) is 17.9 Å². The second-order valence-electron chi connectivity index (χ2n) is 5.43. The fourth-order valence-electron chi connectivity index (χ4n) is 2.47. The number of benzene rings is 2. The van der Waals surface area contributed by atoms with Gasteiger partial charge in [0.05, 0.1) is 7.11 Å². The number of hydrogen-bond acceptors (Lipinski definition) is 3. The molecule has 24 heavy (non-hydrogen) atoms. The molecule has 3 aromatic rings. The number of hydrogen-bond donors (Lipinski definition) is 1. The van der Waals surface area contributed by atoms with Gasteiger partial charge in [0.15, 0.2) is 0 Å². The first-order valence-electron chi connectivity index (χ1n) is 7.69.